The third kappa shape index (κ3) is 12.1. The summed E-state index contributed by atoms with van der Waals surface area (Å²) in [6.45, 7) is 3.45. The quantitative estimate of drug-likeness (QED) is 0.122. The SMILES string of the molecule is CCOC(=O)C1=NC(c2ccc(Cl)c(OC)c2F)CC(NOS(C)(=O)=O)=C1Cl.COC(=O)C1=NC(c2ccc(Cl)c(OC)c2F)CC(NOS(=O)(=O)c2ccc(C)cc2)=C1Cl. The molecule has 16 nitrogen and oxygen atoms in total. The molecule has 5 rings (SSSR count). The van der Waals surface area contributed by atoms with E-state index >= 15 is 0 Å². The molecule has 2 aliphatic heterocycles. The Morgan fingerprint density at radius 3 is 1.57 bits per heavy atom. The second kappa shape index (κ2) is 21.0. The number of nitrogens with one attached hydrogen (secondary N) is 2. The second-order valence-electron chi connectivity index (χ2n) is 12.5. The molecule has 2 aliphatic rings. The number of methoxy groups -OCH3 is 3. The molecular weight excluding hydrogens is 936 g/mol. The summed E-state index contributed by atoms with van der Waals surface area (Å²) in [6.07, 6.45) is 0.613. The van der Waals surface area contributed by atoms with Crippen LogP contribution in [0, 0.1) is 18.6 Å². The van der Waals surface area contributed by atoms with Gasteiger partial charge in [-0.25, -0.2) is 18.4 Å². The van der Waals surface area contributed by atoms with Gasteiger partial charge in [0, 0.05) is 24.0 Å². The van der Waals surface area contributed by atoms with Crippen LogP contribution in [0.5, 0.6) is 11.5 Å². The Bertz CT molecular complexity index is 2540. The van der Waals surface area contributed by atoms with Gasteiger partial charge in [0.15, 0.2) is 34.6 Å². The number of esters is 2. The minimum atomic E-state index is -4.22. The number of rotatable bonds is 14. The first-order valence-corrected chi connectivity index (χ1v) is 22.0. The Kier molecular flexibility index (Phi) is 16.9. The van der Waals surface area contributed by atoms with Crippen molar-refractivity contribution in [2.45, 2.75) is 43.7 Å². The predicted octanol–water partition coefficient (Wildman–Crippen LogP) is 7.08. The zero-order valence-corrected chi connectivity index (χ0v) is 37.4. The van der Waals surface area contributed by atoms with Gasteiger partial charge in [-0.1, -0.05) is 76.2 Å². The molecule has 2 unspecified atom stereocenters. The van der Waals surface area contributed by atoms with Crippen molar-refractivity contribution in [3.05, 3.63) is 108 Å². The number of hydrogen-bond donors (Lipinski definition) is 2. The van der Waals surface area contributed by atoms with Crippen molar-refractivity contribution in [1.29, 1.82) is 0 Å². The number of aliphatic imine (C=N–C) groups is 2. The molecule has 0 aromatic heterocycles. The van der Waals surface area contributed by atoms with Gasteiger partial charge in [-0.3, -0.25) is 20.9 Å². The molecule has 0 saturated carbocycles. The lowest BCUT2D eigenvalue weighted by molar-refractivity contribution is -0.135. The first-order chi connectivity index (χ1) is 28.7. The maximum atomic E-state index is 15.0. The lowest BCUT2D eigenvalue weighted by atomic mass is 9.98. The second-order valence-corrected chi connectivity index (χ2v) is 17.2. The van der Waals surface area contributed by atoms with Crippen molar-refractivity contribution < 1.29 is 62.7 Å². The Morgan fingerprint density at radius 1 is 0.721 bits per heavy atom. The van der Waals surface area contributed by atoms with Gasteiger partial charge in [0.1, 0.15) is 0 Å². The zero-order valence-electron chi connectivity index (χ0n) is 32.8. The minimum absolute atomic E-state index is 0.0129. The minimum Gasteiger partial charge on any atom is -0.492 e. The molecule has 0 bridgehead atoms. The van der Waals surface area contributed by atoms with Crippen LogP contribution in [0.4, 0.5) is 8.78 Å². The average Bonchev–Trinajstić information content (AvgIpc) is 3.20. The normalized spacial score (nSPS) is 16.7. The van der Waals surface area contributed by atoms with E-state index in [1.165, 1.54) is 50.6 Å². The van der Waals surface area contributed by atoms with Crippen molar-refractivity contribution in [3.63, 3.8) is 0 Å². The van der Waals surface area contributed by atoms with E-state index in [0.717, 1.165) is 18.9 Å². The molecule has 61 heavy (non-hydrogen) atoms. The van der Waals surface area contributed by atoms with Crippen molar-refractivity contribution >= 4 is 90.0 Å². The van der Waals surface area contributed by atoms with Crippen molar-refractivity contribution in [2.75, 3.05) is 34.2 Å². The Hall–Kier alpha value is -4.54. The van der Waals surface area contributed by atoms with Crippen molar-refractivity contribution in [3.8, 4) is 11.5 Å². The molecule has 0 saturated heterocycles. The fourth-order valence-corrected chi connectivity index (χ4v) is 7.41. The van der Waals surface area contributed by atoms with E-state index in [1.807, 2.05) is 0 Å². The number of carbonyl (C=O) groups is 2. The predicted molar refractivity (Wildman–Crippen MR) is 222 cm³/mol. The summed E-state index contributed by atoms with van der Waals surface area (Å²) in [4.78, 5) is 32.7. The highest BCUT2D eigenvalue weighted by atomic mass is 35.5. The monoisotopic (exact) mass is 970 g/mol. The van der Waals surface area contributed by atoms with Crippen LogP contribution in [-0.2, 0) is 47.9 Å². The van der Waals surface area contributed by atoms with E-state index < -0.39 is 55.9 Å². The fourth-order valence-electron chi connectivity index (χ4n) is 5.45. The number of hydroxylamine groups is 2. The van der Waals surface area contributed by atoms with E-state index in [1.54, 1.807) is 26.0 Å². The van der Waals surface area contributed by atoms with Gasteiger partial charge in [0.2, 0.25) is 0 Å². The lowest BCUT2D eigenvalue weighted by Crippen LogP contribution is -2.29. The van der Waals surface area contributed by atoms with Crippen LogP contribution in [-0.4, -0.2) is 74.4 Å². The average molecular weight is 973 g/mol. The van der Waals surface area contributed by atoms with Crippen LogP contribution < -0.4 is 20.4 Å². The summed E-state index contributed by atoms with van der Waals surface area (Å²) in [5.74, 6) is -3.68. The summed E-state index contributed by atoms with van der Waals surface area (Å²) in [6, 6.07) is 9.63. The summed E-state index contributed by atoms with van der Waals surface area (Å²) in [5, 5.41) is -0.314. The number of halogens is 6. The standard InChI is InChI=1S/C21H19Cl2FN2O6S.C16H17Cl2FN2O6S/c1-11-4-6-12(7-5-11)33(28,29)32-26-16-10-15(25-19(17(16)23)21(27)31-3)13-8-9-14(22)20(30-2)18(13)24;1-4-26-16(22)14-12(18)11(21-27-28(3,23)24)7-10(20-14)8-5-6-9(17)15(25-2)13(8)19/h4-9,15,26H,10H2,1-3H3;5-6,10,21H,4,7H2,1-3H3. The Morgan fingerprint density at radius 2 is 1.16 bits per heavy atom. The number of aryl methyl sites for hydroxylation is 1. The molecule has 0 aliphatic carbocycles. The topological polar surface area (TPSA) is 207 Å². The Labute approximate surface area is 369 Å². The molecule has 3 aromatic carbocycles. The smallest absolute Gasteiger partial charge is 0.358 e. The Balaban J connectivity index is 0.000000272. The van der Waals surface area contributed by atoms with E-state index in [0.29, 0.717) is 0 Å². The number of carbonyl (C=O) groups excluding carboxylic acids is 2. The van der Waals surface area contributed by atoms with E-state index in [9.17, 15) is 35.2 Å². The van der Waals surface area contributed by atoms with E-state index in [4.69, 9.17) is 69.6 Å². The molecule has 0 radical (unpaired) electrons. The third-order valence-corrected chi connectivity index (χ3v) is 11.3. The molecule has 24 heteroatoms. The number of dihydropyridines is 2. The highest BCUT2D eigenvalue weighted by Gasteiger charge is 2.34. The number of ether oxygens (including phenoxy) is 4. The van der Waals surface area contributed by atoms with Crippen LogP contribution in [0.3, 0.4) is 0 Å². The molecule has 330 valence electrons. The van der Waals surface area contributed by atoms with Crippen molar-refractivity contribution in [1.82, 2.24) is 11.0 Å². The van der Waals surface area contributed by atoms with Gasteiger partial charge in [0.25, 0.3) is 10.1 Å². The van der Waals surface area contributed by atoms with E-state index in [-0.39, 0.29) is 89.9 Å². The maximum absolute atomic E-state index is 15.0. The molecule has 0 spiro atoms. The summed E-state index contributed by atoms with van der Waals surface area (Å²) < 4.78 is 106. The van der Waals surface area contributed by atoms with E-state index in [2.05, 4.69) is 25.2 Å². The summed E-state index contributed by atoms with van der Waals surface area (Å²) in [5.41, 5.74) is 4.82. The largest absolute Gasteiger partial charge is 0.492 e. The molecule has 3 aromatic rings. The van der Waals surface area contributed by atoms with Crippen LogP contribution in [0.15, 0.2) is 84.9 Å². The van der Waals surface area contributed by atoms with Crippen LogP contribution in [0.1, 0.15) is 48.5 Å². The third-order valence-electron chi connectivity index (χ3n) is 8.34. The molecule has 2 N–H and O–H groups in total. The number of hydrogen-bond acceptors (Lipinski definition) is 16. The molecule has 0 amide bonds. The fraction of sp³-hybridized carbons (Fsp3) is 0.297. The maximum Gasteiger partial charge on any atom is 0.358 e. The lowest BCUT2D eigenvalue weighted by Gasteiger charge is -2.24. The van der Waals surface area contributed by atoms with Crippen LogP contribution in [0.25, 0.3) is 0 Å². The van der Waals surface area contributed by atoms with Gasteiger partial charge >= 0.3 is 22.1 Å². The van der Waals surface area contributed by atoms with Crippen LogP contribution >= 0.6 is 46.4 Å². The summed E-state index contributed by atoms with van der Waals surface area (Å²) >= 11 is 24.3. The number of benzene rings is 3. The van der Waals surface area contributed by atoms with Gasteiger partial charge in [-0.2, -0.15) is 21.1 Å². The zero-order chi connectivity index (χ0) is 45.4. The van der Waals surface area contributed by atoms with Crippen LogP contribution in [0.2, 0.25) is 10.0 Å². The molecular formula is C37H36Cl4F2N4O12S2. The van der Waals surface area contributed by atoms with Crippen molar-refractivity contribution in [2.24, 2.45) is 9.98 Å². The van der Waals surface area contributed by atoms with Gasteiger partial charge < -0.3 is 18.9 Å². The summed E-state index contributed by atoms with van der Waals surface area (Å²) in [7, 11) is -4.46. The number of nitrogens with zero attached hydrogens (tertiary/aromatic N) is 2. The first-order valence-electron chi connectivity index (χ1n) is 17.3. The highest BCUT2D eigenvalue weighted by molar-refractivity contribution is 7.86. The van der Waals surface area contributed by atoms with Gasteiger partial charge in [-0.15, -0.1) is 4.28 Å². The molecule has 0 fully saturated rings. The molecule has 2 atom stereocenters. The van der Waals surface area contributed by atoms with Gasteiger partial charge in [-0.05, 0) is 38.1 Å². The van der Waals surface area contributed by atoms with Gasteiger partial charge in [0.05, 0.1) is 82.7 Å². The molecule has 2 heterocycles. The highest BCUT2D eigenvalue weighted by Crippen LogP contribution is 2.40. The first kappa shape index (κ1) is 49.1.